The van der Waals surface area contributed by atoms with Crippen molar-refractivity contribution < 1.29 is 28.2 Å². The molecular formula is C26H22N2O6. The van der Waals surface area contributed by atoms with E-state index in [-0.39, 0.29) is 11.4 Å². The Kier molecular flexibility index (Phi) is 5.78. The fourth-order valence-electron chi connectivity index (χ4n) is 3.62. The molecule has 3 aromatic carbocycles. The van der Waals surface area contributed by atoms with E-state index in [1.165, 1.54) is 0 Å². The highest BCUT2D eigenvalue weighted by Crippen LogP contribution is 2.34. The van der Waals surface area contributed by atoms with E-state index in [2.05, 4.69) is 10.6 Å². The van der Waals surface area contributed by atoms with E-state index in [9.17, 15) is 9.59 Å². The molecule has 8 heteroatoms. The van der Waals surface area contributed by atoms with Crippen LogP contribution in [0.2, 0.25) is 0 Å². The molecule has 0 fully saturated rings. The first kappa shape index (κ1) is 21.4. The van der Waals surface area contributed by atoms with Crippen molar-refractivity contribution >= 4 is 34.2 Å². The molecule has 0 radical (unpaired) electrons. The van der Waals surface area contributed by atoms with E-state index in [1.807, 2.05) is 18.2 Å². The third-order valence-corrected chi connectivity index (χ3v) is 5.28. The molecule has 1 unspecified atom stereocenters. The van der Waals surface area contributed by atoms with Gasteiger partial charge in [-0.25, -0.2) is 0 Å². The van der Waals surface area contributed by atoms with Gasteiger partial charge in [0.2, 0.25) is 5.76 Å². The first-order chi connectivity index (χ1) is 16.6. The number of hydrogen-bond donors (Lipinski definition) is 2. The van der Waals surface area contributed by atoms with E-state index in [0.29, 0.717) is 47.1 Å². The molecule has 1 aromatic heterocycles. The maximum Gasteiger partial charge on any atom is 0.293 e. The monoisotopic (exact) mass is 458 g/mol. The number of nitrogens with one attached hydrogen (secondary N) is 2. The van der Waals surface area contributed by atoms with Crippen LogP contribution in [0.5, 0.6) is 17.2 Å². The average Bonchev–Trinajstić information content (AvgIpc) is 3.23. The Bertz CT molecular complexity index is 1350. The Morgan fingerprint density at radius 2 is 1.62 bits per heavy atom. The smallest absolute Gasteiger partial charge is 0.293 e. The van der Waals surface area contributed by atoms with Crippen LogP contribution < -0.4 is 24.8 Å². The Morgan fingerprint density at radius 1 is 0.882 bits per heavy atom. The number of fused-ring (bicyclic) bond motifs is 2. The zero-order valence-electron chi connectivity index (χ0n) is 18.4. The number of anilines is 2. The maximum atomic E-state index is 13.2. The number of rotatable bonds is 6. The van der Waals surface area contributed by atoms with Gasteiger partial charge in [0.05, 0.1) is 0 Å². The molecule has 172 valence electrons. The van der Waals surface area contributed by atoms with Crippen LogP contribution in [0.15, 0.2) is 77.2 Å². The number of hydrogen-bond acceptors (Lipinski definition) is 6. The highest BCUT2D eigenvalue weighted by molar-refractivity contribution is 6.15. The fourth-order valence-corrected chi connectivity index (χ4v) is 3.62. The van der Waals surface area contributed by atoms with Crippen LogP contribution >= 0.6 is 0 Å². The average molecular weight is 458 g/mol. The Hall–Kier alpha value is -4.46. The third kappa shape index (κ3) is 4.38. The second kappa shape index (κ2) is 9.19. The highest BCUT2D eigenvalue weighted by Gasteiger charge is 2.25. The summed E-state index contributed by atoms with van der Waals surface area (Å²) < 4.78 is 22.6. The molecule has 2 amide bonds. The van der Waals surface area contributed by atoms with Crippen LogP contribution in [-0.4, -0.2) is 31.1 Å². The second-order valence-corrected chi connectivity index (χ2v) is 7.68. The van der Waals surface area contributed by atoms with Gasteiger partial charge < -0.3 is 29.3 Å². The van der Waals surface area contributed by atoms with E-state index < -0.39 is 17.9 Å². The van der Waals surface area contributed by atoms with E-state index >= 15 is 0 Å². The van der Waals surface area contributed by atoms with Gasteiger partial charge >= 0.3 is 0 Å². The highest BCUT2D eigenvalue weighted by atomic mass is 16.6. The number of para-hydroxylation sites is 2. The zero-order valence-corrected chi connectivity index (χ0v) is 18.4. The molecular weight excluding hydrogens is 436 g/mol. The molecule has 1 atom stereocenters. The minimum atomic E-state index is -0.801. The number of amides is 2. The summed E-state index contributed by atoms with van der Waals surface area (Å²) in [6.07, 6.45) is -0.801. The molecule has 5 rings (SSSR count). The van der Waals surface area contributed by atoms with Crippen molar-refractivity contribution in [1.82, 2.24) is 0 Å². The summed E-state index contributed by atoms with van der Waals surface area (Å²) >= 11 is 0. The van der Waals surface area contributed by atoms with Crippen LogP contribution in [0, 0.1) is 0 Å². The van der Waals surface area contributed by atoms with Crippen LogP contribution in [0.3, 0.4) is 0 Å². The zero-order chi connectivity index (χ0) is 23.5. The fraction of sp³-hybridized carbons (Fsp3) is 0.154. The van der Waals surface area contributed by atoms with E-state index in [4.69, 9.17) is 18.6 Å². The summed E-state index contributed by atoms with van der Waals surface area (Å²) in [5, 5.41) is 6.21. The van der Waals surface area contributed by atoms with Crippen LogP contribution in [0.1, 0.15) is 17.5 Å². The van der Waals surface area contributed by atoms with Gasteiger partial charge in [0, 0.05) is 17.1 Å². The van der Waals surface area contributed by atoms with E-state index in [1.54, 1.807) is 61.5 Å². The minimum absolute atomic E-state index is 0.0173. The summed E-state index contributed by atoms with van der Waals surface area (Å²) in [5.74, 6) is 0.793. The summed E-state index contributed by atoms with van der Waals surface area (Å²) in [4.78, 5) is 26.1. The molecule has 1 aliphatic heterocycles. The summed E-state index contributed by atoms with van der Waals surface area (Å²) in [5.41, 5.74) is 1.26. The predicted molar refractivity (Wildman–Crippen MR) is 127 cm³/mol. The normalized spacial score (nSPS) is 13.2. The number of carbonyl (C=O) groups is 2. The molecule has 0 aliphatic carbocycles. The molecule has 0 saturated heterocycles. The molecule has 1 aliphatic rings. The van der Waals surface area contributed by atoms with Crippen molar-refractivity contribution in [3.63, 3.8) is 0 Å². The molecule has 0 spiro atoms. The Labute approximate surface area is 195 Å². The topological polar surface area (TPSA) is 99.0 Å². The Morgan fingerprint density at radius 3 is 2.44 bits per heavy atom. The summed E-state index contributed by atoms with van der Waals surface area (Å²) in [6.45, 7) is 2.56. The summed E-state index contributed by atoms with van der Waals surface area (Å²) in [6, 6.07) is 21.3. The van der Waals surface area contributed by atoms with Crippen molar-refractivity contribution in [3.8, 4) is 17.2 Å². The number of benzene rings is 3. The van der Waals surface area contributed by atoms with Crippen LogP contribution in [-0.2, 0) is 4.79 Å². The molecule has 2 heterocycles. The third-order valence-electron chi connectivity index (χ3n) is 5.28. The van der Waals surface area contributed by atoms with Gasteiger partial charge in [-0.15, -0.1) is 0 Å². The molecule has 0 saturated carbocycles. The van der Waals surface area contributed by atoms with Crippen molar-refractivity contribution in [2.45, 2.75) is 13.0 Å². The van der Waals surface area contributed by atoms with Gasteiger partial charge in [-0.3, -0.25) is 9.59 Å². The first-order valence-corrected chi connectivity index (χ1v) is 10.8. The van der Waals surface area contributed by atoms with E-state index in [0.717, 1.165) is 0 Å². The molecule has 2 N–H and O–H groups in total. The standard InChI is InChI=1S/C26H22N2O6/c1-16(33-18-7-3-2-4-8-18)25(29)28-23-19-9-5-6-10-20(19)34-24(23)26(30)27-17-11-12-21-22(15-17)32-14-13-31-21/h2-12,15-16H,13-14H2,1H3,(H,27,30)(H,28,29). The lowest BCUT2D eigenvalue weighted by Crippen LogP contribution is -2.30. The lowest BCUT2D eigenvalue weighted by atomic mass is 10.2. The van der Waals surface area contributed by atoms with Crippen molar-refractivity contribution in [1.29, 1.82) is 0 Å². The molecule has 34 heavy (non-hydrogen) atoms. The SMILES string of the molecule is CC(Oc1ccccc1)C(=O)Nc1c(C(=O)Nc2ccc3c(c2)OCCO3)oc2ccccc12. The van der Waals surface area contributed by atoms with Crippen molar-refractivity contribution in [2.24, 2.45) is 0 Å². The number of ether oxygens (including phenoxy) is 3. The Balaban J connectivity index is 1.39. The van der Waals surface area contributed by atoms with Crippen molar-refractivity contribution in [2.75, 3.05) is 23.8 Å². The molecule has 0 bridgehead atoms. The lowest BCUT2D eigenvalue weighted by molar-refractivity contribution is -0.122. The van der Waals surface area contributed by atoms with Gasteiger partial charge in [-0.1, -0.05) is 30.3 Å². The number of carbonyl (C=O) groups excluding carboxylic acids is 2. The number of furan rings is 1. The molecule has 4 aromatic rings. The van der Waals surface area contributed by atoms with Gasteiger partial charge in [0.25, 0.3) is 11.8 Å². The first-order valence-electron chi connectivity index (χ1n) is 10.8. The van der Waals surface area contributed by atoms with Gasteiger partial charge in [-0.05, 0) is 43.3 Å². The largest absolute Gasteiger partial charge is 0.486 e. The van der Waals surface area contributed by atoms with Crippen LogP contribution in [0.25, 0.3) is 11.0 Å². The second-order valence-electron chi connectivity index (χ2n) is 7.68. The summed E-state index contributed by atoms with van der Waals surface area (Å²) in [7, 11) is 0. The van der Waals surface area contributed by atoms with Gasteiger partial charge in [0.1, 0.15) is 30.2 Å². The predicted octanol–water partition coefficient (Wildman–Crippen LogP) is 4.86. The van der Waals surface area contributed by atoms with Gasteiger partial charge in [0.15, 0.2) is 17.6 Å². The molecule has 8 nitrogen and oxygen atoms in total. The van der Waals surface area contributed by atoms with Crippen molar-refractivity contribution in [3.05, 3.63) is 78.6 Å². The van der Waals surface area contributed by atoms with Crippen LogP contribution in [0.4, 0.5) is 11.4 Å². The maximum absolute atomic E-state index is 13.2. The minimum Gasteiger partial charge on any atom is -0.486 e. The quantitative estimate of drug-likeness (QED) is 0.428. The lowest BCUT2D eigenvalue weighted by Gasteiger charge is -2.19. The van der Waals surface area contributed by atoms with Gasteiger partial charge in [-0.2, -0.15) is 0 Å².